The van der Waals surface area contributed by atoms with Gasteiger partial charge in [-0.2, -0.15) is 8.78 Å². The van der Waals surface area contributed by atoms with Gasteiger partial charge in [-0.1, -0.05) is 31.9 Å². The fourth-order valence-corrected chi connectivity index (χ4v) is 3.97. The fourth-order valence-electron chi connectivity index (χ4n) is 2.93. The van der Waals surface area contributed by atoms with Crippen LogP contribution in [-0.2, 0) is 21.3 Å². The SMILES string of the molecule is C[C@H]1CCCC[C@H]1NC(=O)C[S@](=O)Cc1ccc(OC(F)F)cc1. The van der Waals surface area contributed by atoms with Gasteiger partial charge in [0.2, 0.25) is 5.91 Å². The number of benzene rings is 1. The second kappa shape index (κ2) is 9.11. The first kappa shape index (κ1) is 18.8. The van der Waals surface area contributed by atoms with Gasteiger partial charge in [0.05, 0.1) is 0 Å². The van der Waals surface area contributed by atoms with E-state index in [0.29, 0.717) is 11.5 Å². The van der Waals surface area contributed by atoms with Gasteiger partial charge in [0.1, 0.15) is 11.5 Å². The predicted octanol–water partition coefficient (Wildman–Crippen LogP) is 3.23. The van der Waals surface area contributed by atoms with Crippen LogP contribution >= 0.6 is 0 Å². The van der Waals surface area contributed by atoms with Gasteiger partial charge in [-0.25, -0.2) is 0 Å². The van der Waals surface area contributed by atoms with Crippen molar-refractivity contribution in [1.82, 2.24) is 5.32 Å². The minimum Gasteiger partial charge on any atom is -0.435 e. The maximum absolute atomic E-state index is 12.1. The Kier molecular flexibility index (Phi) is 7.15. The van der Waals surface area contributed by atoms with Crippen LogP contribution in [0, 0.1) is 5.92 Å². The van der Waals surface area contributed by atoms with Gasteiger partial charge in [0.15, 0.2) is 0 Å². The van der Waals surface area contributed by atoms with Gasteiger partial charge in [-0.05, 0) is 36.5 Å². The lowest BCUT2D eigenvalue weighted by Crippen LogP contribution is -2.42. The van der Waals surface area contributed by atoms with E-state index in [1.165, 1.54) is 18.6 Å². The smallest absolute Gasteiger partial charge is 0.387 e. The molecular weight excluding hydrogens is 336 g/mol. The van der Waals surface area contributed by atoms with E-state index < -0.39 is 17.4 Å². The molecule has 4 nitrogen and oxygen atoms in total. The molecule has 0 radical (unpaired) electrons. The van der Waals surface area contributed by atoms with E-state index in [1.807, 2.05) is 0 Å². The Bertz CT molecular complexity index is 565. The first-order chi connectivity index (χ1) is 11.4. The lowest BCUT2D eigenvalue weighted by atomic mass is 9.86. The Morgan fingerprint density at radius 3 is 2.58 bits per heavy atom. The number of rotatable bonds is 7. The molecule has 3 atom stereocenters. The Balaban J connectivity index is 1.78. The van der Waals surface area contributed by atoms with E-state index in [2.05, 4.69) is 17.0 Å². The maximum Gasteiger partial charge on any atom is 0.387 e. The molecular formula is C17H23F2NO3S. The average molecular weight is 359 g/mol. The molecule has 1 saturated carbocycles. The zero-order chi connectivity index (χ0) is 17.5. The highest BCUT2D eigenvalue weighted by Crippen LogP contribution is 2.23. The van der Waals surface area contributed by atoms with Gasteiger partial charge in [0, 0.05) is 22.6 Å². The zero-order valence-electron chi connectivity index (χ0n) is 13.7. The lowest BCUT2D eigenvalue weighted by Gasteiger charge is -2.29. The quantitative estimate of drug-likeness (QED) is 0.813. The van der Waals surface area contributed by atoms with E-state index >= 15 is 0 Å². The normalized spacial score (nSPS) is 22.2. The molecule has 0 spiro atoms. The van der Waals surface area contributed by atoms with E-state index in [-0.39, 0.29) is 29.2 Å². The van der Waals surface area contributed by atoms with Crippen molar-refractivity contribution in [2.24, 2.45) is 5.92 Å². The molecule has 0 unspecified atom stereocenters. The van der Waals surface area contributed by atoms with Gasteiger partial charge in [-0.3, -0.25) is 9.00 Å². The molecule has 0 saturated heterocycles. The van der Waals surface area contributed by atoms with Crippen molar-refractivity contribution in [1.29, 1.82) is 0 Å². The summed E-state index contributed by atoms with van der Waals surface area (Å²) in [6, 6.07) is 6.15. The Morgan fingerprint density at radius 2 is 1.96 bits per heavy atom. The third-order valence-corrected chi connectivity index (χ3v) is 5.47. The summed E-state index contributed by atoms with van der Waals surface area (Å²) in [7, 11) is -1.34. The molecule has 1 aromatic carbocycles. The van der Waals surface area contributed by atoms with Crippen LogP contribution < -0.4 is 10.1 Å². The molecule has 1 aliphatic carbocycles. The van der Waals surface area contributed by atoms with E-state index in [9.17, 15) is 17.8 Å². The minimum absolute atomic E-state index is 0.0431. The minimum atomic E-state index is -2.86. The van der Waals surface area contributed by atoms with Crippen molar-refractivity contribution in [3.05, 3.63) is 29.8 Å². The summed E-state index contributed by atoms with van der Waals surface area (Å²) in [4.78, 5) is 12.0. The number of hydrogen-bond donors (Lipinski definition) is 1. The standard InChI is InChI=1S/C17H23F2NO3S/c1-12-4-2-3-5-15(12)20-16(21)11-24(22)10-13-6-8-14(9-7-13)23-17(18)19/h6-9,12,15,17H,2-5,10-11H2,1H3,(H,20,21)/t12-,15+,24+/m0/s1. The molecule has 1 amide bonds. The van der Waals surface area contributed by atoms with Crippen molar-refractivity contribution in [3.8, 4) is 5.75 Å². The molecule has 1 N–H and O–H groups in total. The van der Waals surface area contributed by atoms with Gasteiger partial charge >= 0.3 is 6.61 Å². The zero-order valence-corrected chi connectivity index (χ0v) is 14.5. The number of alkyl halides is 2. The van der Waals surface area contributed by atoms with Crippen LogP contribution in [-0.4, -0.2) is 28.5 Å². The van der Waals surface area contributed by atoms with Crippen LogP contribution in [0.3, 0.4) is 0 Å². The second-order valence-electron chi connectivity index (χ2n) is 6.19. The summed E-state index contributed by atoms with van der Waals surface area (Å²) in [6.45, 7) is -0.736. The topological polar surface area (TPSA) is 55.4 Å². The highest BCUT2D eigenvalue weighted by Gasteiger charge is 2.23. The monoisotopic (exact) mass is 359 g/mol. The van der Waals surface area contributed by atoms with Crippen LogP contribution in [0.2, 0.25) is 0 Å². The van der Waals surface area contributed by atoms with Crippen molar-refractivity contribution in [3.63, 3.8) is 0 Å². The first-order valence-corrected chi connectivity index (χ1v) is 9.61. The highest BCUT2D eigenvalue weighted by atomic mass is 32.2. The average Bonchev–Trinajstić information content (AvgIpc) is 2.51. The number of amides is 1. The summed E-state index contributed by atoms with van der Waals surface area (Å²) in [6.07, 6.45) is 4.41. The molecule has 134 valence electrons. The molecule has 0 bridgehead atoms. The Morgan fingerprint density at radius 1 is 1.29 bits per heavy atom. The van der Waals surface area contributed by atoms with E-state index in [4.69, 9.17) is 0 Å². The summed E-state index contributed by atoms with van der Waals surface area (Å²) in [5.41, 5.74) is 0.716. The number of ether oxygens (including phenoxy) is 1. The van der Waals surface area contributed by atoms with Crippen molar-refractivity contribution in [2.45, 2.75) is 51.0 Å². The van der Waals surface area contributed by atoms with Gasteiger partial charge < -0.3 is 10.1 Å². The maximum atomic E-state index is 12.1. The Labute approximate surface area is 143 Å². The van der Waals surface area contributed by atoms with Crippen molar-refractivity contribution < 1.29 is 22.5 Å². The molecule has 1 aromatic rings. The van der Waals surface area contributed by atoms with Crippen LogP contribution in [0.4, 0.5) is 8.78 Å². The number of hydrogen-bond acceptors (Lipinski definition) is 3. The number of carbonyl (C=O) groups is 1. The van der Waals surface area contributed by atoms with Crippen LogP contribution in [0.25, 0.3) is 0 Å². The molecule has 1 aliphatic rings. The molecule has 2 rings (SSSR count). The molecule has 0 heterocycles. The largest absolute Gasteiger partial charge is 0.435 e. The Hall–Kier alpha value is -1.50. The fraction of sp³-hybridized carbons (Fsp3) is 0.588. The van der Waals surface area contributed by atoms with Crippen molar-refractivity contribution >= 4 is 16.7 Å². The molecule has 0 aliphatic heterocycles. The second-order valence-corrected chi connectivity index (χ2v) is 7.64. The summed E-state index contributed by atoms with van der Waals surface area (Å²) in [5, 5.41) is 2.98. The molecule has 0 aromatic heterocycles. The van der Waals surface area contributed by atoms with Crippen LogP contribution in [0.15, 0.2) is 24.3 Å². The molecule has 7 heteroatoms. The van der Waals surface area contributed by atoms with Gasteiger partial charge in [0.25, 0.3) is 0 Å². The first-order valence-electron chi connectivity index (χ1n) is 8.12. The van der Waals surface area contributed by atoms with Gasteiger partial charge in [-0.15, -0.1) is 0 Å². The third-order valence-electron chi connectivity index (χ3n) is 4.23. The third kappa shape index (κ3) is 6.19. The number of halogens is 2. The summed E-state index contributed by atoms with van der Waals surface area (Å²) >= 11 is 0. The highest BCUT2D eigenvalue weighted by molar-refractivity contribution is 7.84. The lowest BCUT2D eigenvalue weighted by molar-refractivity contribution is -0.119. The van der Waals surface area contributed by atoms with E-state index in [1.54, 1.807) is 12.1 Å². The van der Waals surface area contributed by atoms with Crippen molar-refractivity contribution in [2.75, 3.05) is 5.75 Å². The van der Waals surface area contributed by atoms with Crippen LogP contribution in [0.1, 0.15) is 38.2 Å². The van der Waals surface area contributed by atoms with E-state index in [0.717, 1.165) is 19.3 Å². The predicted molar refractivity (Wildman–Crippen MR) is 89.4 cm³/mol. The molecule has 1 fully saturated rings. The number of carbonyl (C=O) groups excluding carboxylic acids is 1. The number of nitrogens with one attached hydrogen (secondary N) is 1. The van der Waals surface area contributed by atoms with Crippen LogP contribution in [0.5, 0.6) is 5.75 Å². The summed E-state index contributed by atoms with van der Waals surface area (Å²) in [5.74, 6) is 0.494. The summed E-state index contributed by atoms with van der Waals surface area (Å²) < 4.78 is 40.5. The molecule has 24 heavy (non-hydrogen) atoms.